The van der Waals surface area contributed by atoms with Gasteiger partial charge in [0.25, 0.3) is 5.91 Å². The van der Waals surface area contributed by atoms with Gasteiger partial charge in [-0.05, 0) is 24.1 Å². The number of benzene rings is 2. The molecule has 1 N–H and O–H groups in total. The maximum atomic E-state index is 12.7. The van der Waals surface area contributed by atoms with Crippen LogP contribution in [0.5, 0.6) is 0 Å². The molecule has 0 atom stereocenters. The first-order chi connectivity index (χ1) is 16.0. The van der Waals surface area contributed by atoms with Crippen molar-refractivity contribution in [1.29, 1.82) is 0 Å². The molecule has 2 amide bonds. The average Bonchev–Trinajstić information content (AvgIpc) is 3.35. The number of carbonyl (C=O) groups excluding carboxylic acids is 2. The number of rotatable bonds is 8. The van der Waals surface area contributed by atoms with Crippen molar-refractivity contribution in [2.45, 2.75) is 23.4 Å². The number of thiocarbonyl (C=S) groups is 1. The lowest BCUT2D eigenvalue weighted by atomic mass is 10.2. The van der Waals surface area contributed by atoms with Gasteiger partial charge in [-0.3, -0.25) is 14.5 Å². The summed E-state index contributed by atoms with van der Waals surface area (Å²) >= 11 is 9.51. The Morgan fingerprint density at radius 1 is 1.18 bits per heavy atom. The van der Waals surface area contributed by atoms with Crippen LogP contribution in [0, 0.1) is 6.92 Å². The number of aryl methyl sites for hydroxylation is 1. The van der Waals surface area contributed by atoms with E-state index in [9.17, 15) is 9.59 Å². The van der Waals surface area contributed by atoms with Crippen molar-refractivity contribution in [3.05, 3.63) is 76.2 Å². The van der Waals surface area contributed by atoms with Gasteiger partial charge in [-0.2, -0.15) is 0 Å². The summed E-state index contributed by atoms with van der Waals surface area (Å²) in [5.74, 6) is 0.379. The van der Waals surface area contributed by atoms with Crippen molar-refractivity contribution in [3.8, 4) is 0 Å². The fourth-order valence-electron chi connectivity index (χ4n) is 3.05. The molecule has 0 saturated carbocycles. The van der Waals surface area contributed by atoms with E-state index in [0.717, 1.165) is 15.7 Å². The Labute approximate surface area is 209 Å². The van der Waals surface area contributed by atoms with Gasteiger partial charge in [0.05, 0.1) is 4.91 Å². The highest BCUT2D eigenvalue weighted by Gasteiger charge is 2.32. The molecule has 0 radical (unpaired) electrons. The zero-order valence-corrected chi connectivity index (χ0v) is 21.0. The monoisotopic (exact) mass is 512 g/mol. The van der Waals surface area contributed by atoms with Crippen LogP contribution in [0.15, 0.2) is 63.8 Å². The lowest BCUT2D eigenvalue weighted by molar-refractivity contribution is -0.122. The minimum absolute atomic E-state index is 0.121. The van der Waals surface area contributed by atoms with Crippen LogP contribution >= 0.6 is 47.1 Å². The first-order valence-electron chi connectivity index (χ1n) is 10.1. The van der Waals surface area contributed by atoms with Crippen LogP contribution < -0.4 is 5.32 Å². The smallest absolute Gasteiger partial charge is 0.266 e. The largest absolute Gasteiger partial charge is 0.300 e. The molecule has 0 bridgehead atoms. The third-order valence-corrected chi connectivity index (χ3v) is 8.05. The number of anilines is 1. The molecular weight excluding hydrogens is 493 g/mol. The molecule has 168 valence electrons. The average molecular weight is 513 g/mol. The van der Waals surface area contributed by atoms with Crippen molar-refractivity contribution in [3.63, 3.8) is 0 Å². The Balaban J connectivity index is 1.27. The van der Waals surface area contributed by atoms with Crippen molar-refractivity contribution >= 4 is 74.4 Å². The van der Waals surface area contributed by atoms with E-state index in [0.29, 0.717) is 14.4 Å². The molecule has 10 heteroatoms. The van der Waals surface area contributed by atoms with Crippen LogP contribution in [-0.2, 0) is 15.3 Å². The molecule has 1 fully saturated rings. The van der Waals surface area contributed by atoms with E-state index in [1.165, 1.54) is 39.1 Å². The lowest BCUT2D eigenvalue weighted by Crippen LogP contribution is -2.31. The Morgan fingerprint density at radius 3 is 2.79 bits per heavy atom. The summed E-state index contributed by atoms with van der Waals surface area (Å²) in [5, 5.41) is 11.4. The standard InChI is InChI=1S/C23H20N4O2S4/c1-15-6-5-9-17(12-15)14-31-22-26-25-21(33-22)24-19(28)10-11-27-20(29)18(32-23(27)30)13-16-7-3-2-4-8-16/h2-9,12-13H,10-11,14H2,1H3,(H,24,25,28)/b18-13-. The van der Waals surface area contributed by atoms with Gasteiger partial charge in [0, 0.05) is 18.7 Å². The Bertz CT molecular complexity index is 1210. The second-order valence-electron chi connectivity index (χ2n) is 7.19. The van der Waals surface area contributed by atoms with E-state index < -0.39 is 0 Å². The third-order valence-electron chi connectivity index (χ3n) is 4.63. The second kappa shape index (κ2) is 11.1. The second-order valence-corrected chi connectivity index (χ2v) is 11.1. The topological polar surface area (TPSA) is 75.2 Å². The molecule has 0 unspecified atom stereocenters. The molecule has 6 nitrogen and oxygen atoms in total. The van der Waals surface area contributed by atoms with Crippen LogP contribution in [0.25, 0.3) is 6.08 Å². The molecule has 33 heavy (non-hydrogen) atoms. The number of aromatic nitrogens is 2. The summed E-state index contributed by atoms with van der Waals surface area (Å²) in [6.07, 6.45) is 1.94. The number of thioether (sulfide) groups is 2. The normalized spacial score (nSPS) is 14.8. The predicted octanol–water partition coefficient (Wildman–Crippen LogP) is 5.37. The maximum absolute atomic E-state index is 12.7. The highest BCUT2D eigenvalue weighted by molar-refractivity contribution is 8.26. The number of nitrogens with one attached hydrogen (secondary N) is 1. The van der Waals surface area contributed by atoms with Gasteiger partial charge < -0.3 is 5.32 Å². The number of carbonyl (C=O) groups is 2. The van der Waals surface area contributed by atoms with E-state index >= 15 is 0 Å². The molecule has 0 aliphatic carbocycles. The molecule has 4 rings (SSSR count). The maximum Gasteiger partial charge on any atom is 0.266 e. The number of amides is 2. The Hall–Kier alpha value is -2.53. The van der Waals surface area contributed by atoms with Crippen LogP contribution in [0.3, 0.4) is 0 Å². The van der Waals surface area contributed by atoms with Gasteiger partial charge in [0.15, 0.2) is 4.34 Å². The molecule has 1 aromatic heterocycles. The molecule has 3 aromatic rings. The number of hydrogen-bond donors (Lipinski definition) is 1. The van der Waals surface area contributed by atoms with Crippen molar-refractivity contribution in [2.75, 3.05) is 11.9 Å². The first kappa shape index (κ1) is 23.6. The Morgan fingerprint density at radius 2 is 2.00 bits per heavy atom. The minimum Gasteiger partial charge on any atom is -0.300 e. The minimum atomic E-state index is -0.234. The Kier molecular flexibility index (Phi) is 7.92. The van der Waals surface area contributed by atoms with E-state index in [1.807, 2.05) is 42.5 Å². The predicted molar refractivity (Wildman–Crippen MR) is 140 cm³/mol. The van der Waals surface area contributed by atoms with Crippen molar-refractivity contribution < 1.29 is 9.59 Å². The van der Waals surface area contributed by atoms with E-state index in [2.05, 4.69) is 40.6 Å². The molecule has 0 spiro atoms. The molecule has 2 heterocycles. The van der Waals surface area contributed by atoms with E-state index in [1.54, 1.807) is 11.8 Å². The van der Waals surface area contributed by atoms with Gasteiger partial charge in [0.2, 0.25) is 11.0 Å². The summed E-state index contributed by atoms with van der Waals surface area (Å²) in [6, 6.07) is 17.9. The first-order valence-corrected chi connectivity index (χ1v) is 13.1. The molecular formula is C23H20N4O2S4. The summed E-state index contributed by atoms with van der Waals surface area (Å²) < 4.78 is 1.25. The van der Waals surface area contributed by atoms with Crippen molar-refractivity contribution in [2.24, 2.45) is 0 Å². The fourth-order valence-corrected chi connectivity index (χ4v) is 6.07. The van der Waals surface area contributed by atoms with Crippen molar-refractivity contribution in [1.82, 2.24) is 15.1 Å². The zero-order chi connectivity index (χ0) is 23.2. The molecule has 1 aliphatic heterocycles. The van der Waals surface area contributed by atoms with Crippen LogP contribution in [-0.4, -0.2) is 37.8 Å². The summed E-state index contributed by atoms with van der Waals surface area (Å²) in [7, 11) is 0. The summed E-state index contributed by atoms with van der Waals surface area (Å²) in [4.78, 5) is 27.1. The van der Waals surface area contributed by atoms with Crippen LogP contribution in [0.1, 0.15) is 23.1 Å². The summed E-state index contributed by atoms with van der Waals surface area (Å²) in [6.45, 7) is 2.28. The SMILES string of the molecule is Cc1cccc(CSc2nnc(NC(=O)CCN3C(=O)/C(=C/c4ccccc4)SC3=S)s2)c1. The third kappa shape index (κ3) is 6.50. The van der Waals surface area contributed by atoms with Crippen LogP contribution in [0.2, 0.25) is 0 Å². The highest BCUT2D eigenvalue weighted by atomic mass is 32.2. The van der Waals surface area contributed by atoms with Crippen LogP contribution in [0.4, 0.5) is 5.13 Å². The van der Waals surface area contributed by atoms with E-state index in [4.69, 9.17) is 12.2 Å². The highest BCUT2D eigenvalue weighted by Crippen LogP contribution is 2.33. The van der Waals surface area contributed by atoms with Gasteiger partial charge >= 0.3 is 0 Å². The van der Waals surface area contributed by atoms with Gasteiger partial charge in [-0.1, -0.05) is 107 Å². The molecule has 2 aromatic carbocycles. The molecule has 1 aliphatic rings. The zero-order valence-electron chi connectivity index (χ0n) is 17.7. The molecule has 1 saturated heterocycles. The number of nitrogens with zero attached hydrogens (tertiary/aromatic N) is 3. The lowest BCUT2D eigenvalue weighted by Gasteiger charge is -2.13. The number of hydrogen-bond acceptors (Lipinski definition) is 8. The van der Waals surface area contributed by atoms with Gasteiger partial charge in [-0.25, -0.2) is 0 Å². The fraction of sp³-hybridized carbons (Fsp3) is 0.174. The van der Waals surface area contributed by atoms with E-state index in [-0.39, 0.29) is 24.8 Å². The van der Waals surface area contributed by atoms with Gasteiger partial charge in [-0.15, -0.1) is 10.2 Å². The summed E-state index contributed by atoms with van der Waals surface area (Å²) in [5.41, 5.74) is 3.36. The van der Waals surface area contributed by atoms with Gasteiger partial charge in [0.1, 0.15) is 4.32 Å². The quantitative estimate of drug-likeness (QED) is 0.188.